The van der Waals surface area contributed by atoms with E-state index in [2.05, 4.69) is 10.6 Å². The number of hydrogen-bond donors (Lipinski definition) is 6. The molecule has 1 fully saturated rings. The third-order valence-corrected chi connectivity index (χ3v) is 5.12. The number of carbonyl (C=O) groups is 6. The average molecular weight is 457 g/mol. The topological polar surface area (TPSA) is 228 Å². The van der Waals surface area contributed by atoms with Crippen LogP contribution in [0.1, 0.15) is 46.0 Å². The number of carboxylic acid groups (broad SMARTS) is 1. The van der Waals surface area contributed by atoms with Crippen LogP contribution in [-0.2, 0) is 28.8 Å². The standard InChI is InChI=1S/C19H32N6O7/c1-9(2)15(19(31)32)24-16(28)11(5-6-13(21)26)23-17(29)12-4-3-7-25(12)18(30)10(20)8-14(22)27/h9-12,15H,3-8,20H2,1-2H3,(H2,21,26)(H2,22,27)(H,23,29)(H,24,28)(H,31,32). The maximum atomic E-state index is 12.9. The van der Waals surface area contributed by atoms with E-state index >= 15 is 0 Å². The molecular formula is C19H32N6O7. The van der Waals surface area contributed by atoms with E-state index in [1.165, 1.54) is 4.90 Å². The molecule has 0 aliphatic carbocycles. The van der Waals surface area contributed by atoms with E-state index < -0.39 is 65.6 Å². The van der Waals surface area contributed by atoms with E-state index in [1.807, 2.05) is 0 Å². The van der Waals surface area contributed by atoms with E-state index in [0.29, 0.717) is 12.8 Å². The van der Waals surface area contributed by atoms with E-state index in [1.54, 1.807) is 13.8 Å². The molecule has 1 aliphatic rings. The predicted octanol–water partition coefficient (Wildman–Crippen LogP) is -2.84. The second kappa shape index (κ2) is 12.0. The minimum absolute atomic E-state index is 0.154. The highest BCUT2D eigenvalue weighted by atomic mass is 16.4. The summed E-state index contributed by atoms with van der Waals surface area (Å²) in [6.45, 7) is 3.44. The van der Waals surface area contributed by atoms with Crippen LogP contribution in [0.4, 0.5) is 0 Å². The molecule has 1 aliphatic heterocycles. The molecule has 5 amide bonds. The van der Waals surface area contributed by atoms with Crippen molar-refractivity contribution in [2.75, 3.05) is 6.54 Å². The van der Waals surface area contributed by atoms with E-state index in [9.17, 15) is 33.9 Å². The van der Waals surface area contributed by atoms with Crippen LogP contribution < -0.4 is 27.8 Å². The van der Waals surface area contributed by atoms with Gasteiger partial charge in [0.25, 0.3) is 0 Å². The van der Waals surface area contributed by atoms with Gasteiger partial charge in [0.15, 0.2) is 0 Å². The van der Waals surface area contributed by atoms with Gasteiger partial charge in [0, 0.05) is 13.0 Å². The summed E-state index contributed by atoms with van der Waals surface area (Å²) in [6.07, 6.45) is 0.0430. The van der Waals surface area contributed by atoms with Crippen LogP contribution in [0.2, 0.25) is 0 Å². The number of likely N-dealkylation sites (tertiary alicyclic amines) is 1. The van der Waals surface area contributed by atoms with Crippen LogP contribution in [0.5, 0.6) is 0 Å². The minimum atomic E-state index is -1.25. The zero-order valence-electron chi connectivity index (χ0n) is 18.2. The molecule has 32 heavy (non-hydrogen) atoms. The molecule has 4 unspecified atom stereocenters. The summed E-state index contributed by atoms with van der Waals surface area (Å²) in [4.78, 5) is 72.9. The number of nitrogens with one attached hydrogen (secondary N) is 2. The molecule has 180 valence electrons. The van der Waals surface area contributed by atoms with Gasteiger partial charge >= 0.3 is 5.97 Å². The Balaban J connectivity index is 2.95. The van der Waals surface area contributed by atoms with Crippen molar-refractivity contribution in [1.29, 1.82) is 0 Å². The van der Waals surface area contributed by atoms with Gasteiger partial charge in [-0.05, 0) is 25.2 Å². The fraction of sp³-hybridized carbons (Fsp3) is 0.684. The highest BCUT2D eigenvalue weighted by molar-refractivity contribution is 5.95. The van der Waals surface area contributed by atoms with Crippen LogP contribution in [0.15, 0.2) is 0 Å². The lowest BCUT2D eigenvalue weighted by molar-refractivity contribution is -0.144. The third kappa shape index (κ3) is 7.80. The lowest BCUT2D eigenvalue weighted by Gasteiger charge is -2.28. The fourth-order valence-corrected chi connectivity index (χ4v) is 3.41. The molecular weight excluding hydrogens is 424 g/mol. The Labute approximate surface area is 185 Å². The Morgan fingerprint density at radius 2 is 1.69 bits per heavy atom. The first kappa shape index (κ1) is 26.8. The van der Waals surface area contributed by atoms with Gasteiger partial charge in [0.2, 0.25) is 29.5 Å². The van der Waals surface area contributed by atoms with Crippen molar-refractivity contribution in [2.45, 2.75) is 70.1 Å². The predicted molar refractivity (Wildman–Crippen MR) is 111 cm³/mol. The zero-order valence-corrected chi connectivity index (χ0v) is 18.2. The van der Waals surface area contributed by atoms with E-state index in [-0.39, 0.29) is 25.8 Å². The van der Waals surface area contributed by atoms with Gasteiger partial charge in [-0.3, -0.25) is 24.0 Å². The molecule has 13 nitrogen and oxygen atoms in total. The third-order valence-electron chi connectivity index (χ3n) is 5.12. The molecule has 13 heteroatoms. The normalized spacial score (nSPS) is 18.5. The van der Waals surface area contributed by atoms with Crippen LogP contribution in [0, 0.1) is 5.92 Å². The maximum Gasteiger partial charge on any atom is 0.326 e. The lowest BCUT2D eigenvalue weighted by Crippen LogP contribution is -2.57. The fourth-order valence-electron chi connectivity index (χ4n) is 3.41. The van der Waals surface area contributed by atoms with Gasteiger partial charge in [-0.2, -0.15) is 0 Å². The molecule has 0 bridgehead atoms. The number of aliphatic carboxylic acids is 1. The molecule has 1 heterocycles. The molecule has 1 rings (SSSR count). The van der Waals surface area contributed by atoms with Crippen LogP contribution >= 0.6 is 0 Å². The molecule has 0 aromatic heterocycles. The molecule has 4 atom stereocenters. The first-order chi connectivity index (χ1) is 14.8. The second-order valence-corrected chi connectivity index (χ2v) is 8.10. The first-order valence-electron chi connectivity index (χ1n) is 10.3. The van der Waals surface area contributed by atoms with Crippen LogP contribution in [-0.4, -0.2) is 76.2 Å². The van der Waals surface area contributed by atoms with Gasteiger partial charge in [-0.25, -0.2) is 4.79 Å². The van der Waals surface area contributed by atoms with Crippen LogP contribution in [0.25, 0.3) is 0 Å². The second-order valence-electron chi connectivity index (χ2n) is 8.10. The number of carbonyl (C=O) groups excluding carboxylic acids is 5. The summed E-state index contributed by atoms with van der Waals surface area (Å²) in [7, 11) is 0. The van der Waals surface area contributed by atoms with Crippen molar-refractivity contribution in [3.63, 3.8) is 0 Å². The Morgan fingerprint density at radius 1 is 1.06 bits per heavy atom. The van der Waals surface area contributed by atoms with Crippen molar-refractivity contribution in [2.24, 2.45) is 23.1 Å². The highest BCUT2D eigenvalue weighted by Crippen LogP contribution is 2.19. The molecule has 0 aromatic carbocycles. The SMILES string of the molecule is CC(C)C(NC(=O)C(CCC(N)=O)NC(=O)C1CCCN1C(=O)C(N)CC(N)=O)C(=O)O. The molecule has 9 N–H and O–H groups in total. The maximum absolute atomic E-state index is 12.9. The van der Waals surface area contributed by atoms with Gasteiger partial charge in [-0.1, -0.05) is 13.8 Å². The molecule has 0 spiro atoms. The van der Waals surface area contributed by atoms with Gasteiger partial charge < -0.3 is 37.8 Å². The lowest BCUT2D eigenvalue weighted by atomic mass is 10.0. The van der Waals surface area contributed by atoms with Crippen molar-refractivity contribution < 1.29 is 33.9 Å². The summed E-state index contributed by atoms with van der Waals surface area (Å²) in [6, 6.07) is -4.58. The smallest absolute Gasteiger partial charge is 0.326 e. The molecule has 0 radical (unpaired) electrons. The Morgan fingerprint density at radius 3 is 2.19 bits per heavy atom. The van der Waals surface area contributed by atoms with Crippen molar-refractivity contribution in [3.05, 3.63) is 0 Å². The average Bonchev–Trinajstić information content (AvgIpc) is 3.16. The first-order valence-corrected chi connectivity index (χ1v) is 10.3. The van der Waals surface area contributed by atoms with Gasteiger partial charge in [0.05, 0.1) is 12.5 Å². The number of rotatable bonds is 12. The van der Waals surface area contributed by atoms with Crippen molar-refractivity contribution in [3.8, 4) is 0 Å². The number of carboxylic acids is 1. The van der Waals surface area contributed by atoms with E-state index in [0.717, 1.165) is 0 Å². The number of amides is 5. The summed E-state index contributed by atoms with van der Waals surface area (Å²) in [5.41, 5.74) is 15.9. The Kier molecular flexibility index (Phi) is 10.0. The summed E-state index contributed by atoms with van der Waals surface area (Å²) in [5.74, 6) is -5.21. The van der Waals surface area contributed by atoms with Gasteiger partial charge in [0.1, 0.15) is 18.1 Å². The summed E-state index contributed by atoms with van der Waals surface area (Å²) in [5, 5.41) is 14.1. The number of nitrogens with two attached hydrogens (primary N) is 3. The van der Waals surface area contributed by atoms with Gasteiger partial charge in [-0.15, -0.1) is 0 Å². The monoisotopic (exact) mass is 456 g/mol. The Hall–Kier alpha value is -3.22. The summed E-state index contributed by atoms with van der Waals surface area (Å²) >= 11 is 0. The quantitative estimate of drug-likeness (QED) is 0.179. The van der Waals surface area contributed by atoms with Crippen LogP contribution in [0.3, 0.4) is 0 Å². The molecule has 1 saturated heterocycles. The largest absolute Gasteiger partial charge is 0.480 e. The Bertz CT molecular complexity index is 756. The number of nitrogens with zero attached hydrogens (tertiary/aromatic N) is 1. The van der Waals surface area contributed by atoms with Crippen molar-refractivity contribution in [1.82, 2.24) is 15.5 Å². The number of hydrogen-bond acceptors (Lipinski definition) is 7. The molecule has 0 saturated carbocycles. The summed E-state index contributed by atoms with van der Waals surface area (Å²) < 4.78 is 0. The minimum Gasteiger partial charge on any atom is -0.480 e. The molecule has 0 aromatic rings. The number of primary amides is 2. The van der Waals surface area contributed by atoms with Crippen molar-refractivity contribution >= 4 is 35.5 Å². The zero-order chi connectivity index (χ0) is 24.6. The highest BCUT2D eigenvalue weighted by Gasteiger charge is 2.38. The van der Waals surface area contributed by atoms with E-state index in [4.69, 9.17) is 17.2 Å².